The van der Waals surface area contributed by atoms with E-state index < -0.39 is 12.1 Å². The van der Waals surface area contributed by atoms with E-state index in [-0.39, 0.29) is 36.2 Å². The molecule has 4 fully saturated rings. The van der Waals surface area contributed by atoms with Crippen LogP contribution in [0.5, 0.6) is 0 Å². The Hall–Kier alpha value is -2.25. The second-order valence-electron chi connectivity index (χ2n) is 10.8. The molecule has 0 unspecified atom stereocenters. The van der Waals surface area contributed by atoms with Gasteiger partial charge in [-0.3, -0.25) is 14.4 Å². The standard InChI is InChI=1S/C28H39N3O4/c1-2-30-15-12-20(13-16-30)19-8-10-22(11-9-19)27(33)29-25(21-6-4-3-5-7-21)28(34)31-17-14-24-26(31)23(32)18-35-24/h8-11,20-21,24-26H,2-7,12-18H2,1H3,(H,29,33)/t24-,25+,26-/m1/s1. The summed E-state index contributed by atoms with van der Waals surface area (Å²) in [5.41, 5.74) is 1.88. The van der Waals surface area contributed by atoms with Crippen LogP contribution in [0.3, 0.4) is 0 Å². The lowest BCUT2D eigenvalue weighted by molar-refractivity contribution is -0.139. The van der Waals surface area contributed by atoms with E-state index in [0.29, 0.717) is 24.4 Å². The summed E-state index contributed by atoms with van der Waals surface area (Å²) in [6.45, 7) is 6.17. The third kappa shape index (κ3) is 5.17. The molecule has 2 amide bonds. The second kappa shape index (κ2) is 10.8. The molecular weight excluding hydrogens is 442 g/mol. The predicted molar refractivity (Wildman–Crippen MR) is 133 cm³/mol. The number of carbonyl (C=O) groups is 3. The Morgan fingerprint density at radius 1 is 1.00 bits per heavy atom. The summed E-state index contributed by atoms with van der Waals surface area (Å²) in [5.74, 6) is 0.317. The Morgan fingerprint density at radius 3 is 2.40 bits per heavy atom. The number of likely N-dealkylation sites (tertiary alicyclic amines) is 2. The van der Waals surface area contributed by atoms with Crippen LogP contribution in [0, 0.1) is 5.92 Å². The first-order chi connectivity index (χ1) is 17.0. The van der Waals surface area contributed by atoms with Gasteiger partial charge in [0.15, 0.2) is 5.78 Å². The molecule has 5 rings (SSSR count). The zero-order chi connectivity index (χ0) is 24.4. The van der Waals surface area contributed by atoms with Crippen LogP contribution in [0.25, 0.3) is 0 Å². The van der Waals surface area contributed by atoms with Crippen molar-refractivity contribution in [3.05, 3.63) is 35.4 Å². The number of amides is 2. The average molecular weight is 482 g/mol. The molecule has 3 atom stereocenters. The minimum absolute atomic E-state index is 0.0186. The maximum absolute atomic E-state index is 13.7. The van der Waals surface area contributed by atoms with Crippen molar-refractivity contribution in [3.8, 4) is 0 Å². The van der Waals surface area contributed by atoms with Gasteiger partial charge in [0.1, 0.15) is 18.7 Å². The highest BCUT2D eigenvalue weighted by Crippen LogP contribution is 2.32. The highest BCUT2D eigenvalue weighted by atomic mass is 16.5. The normalized spacial score (nSPS) is 27.1. The molecule has 0 radical (unpaired) electrons. The topological polar surface area (TPSA) is 79.0 Å². The molecule has 190 valence electrons. The van der Waals surface area contributed by atoms with E-state index in [9.17, 15) is 14.4 Å². The fraction of sp³-hybridized carbons (Fsp3) is 0.679. The van der Waals surface area contributed by atoms with Gasteiger partial charge in [0.2, 0.25) is 5.91 Å². The summed E-state index contributed by atoms with van der Waals surface area (Å²) in [6.07, 6.45) is 7.98. The number of benzene rings is 1. The van der Waals surface area contributed by atoms with Gasteiger partial charge < -0.3 is 19.9 Å². The third-order valence-electron chi connectivity index (χ3n) is 8.75. The maximum atomic E-state index is 13.7. The quantitative estimate of drug-likeness (QED) is 0.675. The van der Waals surface area contributed by atoms with E-state index in [0.717, 1.165) is 58.2 Å². The Kier molecular flexibility index (Phi) is 7.54. The SMILES string of the molecule is CCN1CCC(c2ccc(C(=O)N[C@H](C(=O)N3CC[C@H]4OCC(=O)[C@H]43)C3CCCCC3)cc2)CC1. The molecule has 1 aliphatic carbocycles. The Bertz CT molecular complexity index is 919. The molecule has 0 aromatic heterocycles. The number of ketones is 1. The fourth-order valence-electron chi connectivity index (χ4n) is 6.58. The fourth-order valence-corrected chi connectivity index (χ4v) is 6.58. The van der Waals surface area contributed by atoms with Gasteiger partial charge in [0.25, 0.3) is 5.91 Å². The van der Waals surface area contributed by atoms with Gasteiger partial charge in [-0.25, -0.2) is 0 Å². The molecule has 3 heterocycles. The third-order valence-corrected chi connectivity index (χ3v) is 8.75. The van der Waals surface area contributed by atoms with E-state index in [1.165, 1.54) is 12.0 Å². The molecular formula is C28H39N3O4. The summed E-state index contributed by atoms with van der Waals surface area (Å²) in [4.78, 5) is 43.6. The van der Waals surface area contributed by atoms with Crippen LogP contribution in [0.15, 0.2) is 24.3 Å². The number of Topliss-reactive ketones (excluding diaryl/α,β-unsaturated/α-hetero) is 1. The number of hydrogen-bond donors (Lipinski definition) is 1. The van der Waals surface area contributed by atoms with Crippen molar-refractivity contribution in [1.82, 2.24) is 15.1 Å². The van der Waals surface area contributed by atoms with E-state index in [1.807, 2.05) is 12.1 Å². The Balaban J connectivity index is 1.28. The largest absolute Gasteiger partial charge is 0.368 e. The molecule has 1 aromatic rings. The van der Waals surface area contributed by atoms with Crippen molar-refractivity contribution in [2.24, 2.45) is 5.92 Å². The van der Waals surface area contributed by atoms with E-state index in [4.69, 9.17) is 4.74 Å². The average Bonchev–Trinajstić information content (AvgIpc) is 3.50. The van der Waals surface area contributed by atoms with Crippen molar-refractivity contribution in [3.63, 3.8) is 0 Å². The molecule has 0 bridgehead atoms. The molecule has 35 heavy (non-hydrogen) atoms. The van der Waals surface area contributed by atoms with Crippen LogP contribution in [-0.4, -0.2) is 78.4 Å². The Morgan fingerprint density at radius 2 is 1.71 bits per heavy atom. The molecule has 0 spiro atoms. The lowest BCUT2D eigenvalue weighted by Gasteiger charge is -2.34. The lowest BCUT2D eigenvalue weighted by atomic mass is 9.83. The first-order valence-corrected chi connectivity index (χ1v) is 13.6. The van der Waals surface area contributed by atoms with Gasteiger partial charge in [0.05, 0.1) is 6.10 Å². The van der Waals surface area contributed by atoms with Crippen LogP contribution in [0.2, 0.25) is 0 Å². The lowest BCUT2D eigenvalue weighted by Crippen LogP contribution is -2.55. The van der Waals surface area contributed by atoms with Crippen LogP contribution >= 0.6 is 0 Å². The zero-order valence-electron chi connectivity index (χ0n) is 20.9. The predicted octanol–water partition coefficient (Wildman–Crippen LogP) is 3.13. The van der Waals surface area contributed by atoms with Crippen molar-refractivity contribution >= 4 is 17.6 Å². The van der Waals surface area contributed by atoms with E-state index in [2.05, 4.69) is 29.3 Å². The Labute approximate surface area is 208 Å². The highest BCUT2D eigenvalue weighted by Gasteiger charge is 2.49. The number of nitrogens with one attached hydrogen (secondary N) is 1. The van der Waals surface area contributed by atoms with Gasteiger partial charge in [-0.1, -0.05) is 38.3 Å². The number of hydrogen-bond acceptors (Lipinski definition) is 5. The molecule has 1 aromatic carbocycles. The second-order valence-corrected chi connectivity index (χ2v) is 10.8. The van der Waals surface area contributed by atoms with Gasteiger partial charge in [-0.05, 0) is 81.3 Å². The first kappa shape index (κ1) is 24.4. The van der Waals surface area contributed by atoms with Crippen molar-refractivity contribution in [2.45, 2.75) is 82.4 Å². The van der Waals surface area contributed by atoms with Crippen molar-refractivity contribution < 1.29 is 19.1 Å². The van der Waals surface area contributed by atoms with E-state index >= 15 is 0 Å². The smallest absolute Gasteiger partial charge is 0.251 e. The molecule has 1 saturated carbocycles. The summed E-state index contributed by atoms with van der Waals surface area (Å²) in [7, 11) is 0. The summed E-state index contributed by atoms with van der Waals surface area (Å²) in [5, 5.41) is 3.10. The molecule has 7 nitrogen and oxygen atoms in total. The molecule has 1 N–H and O–H groups in total. The maximum Gasteiger partial charge on any atom is 0.251 e. The number of rotatable bonds is 6. The number of nitrogens with zero attached hydrogens (tertiary/aromatic N) is 2. The van der Waals surface area contributed by atoms with Gasteiger partial charge in [-0.15, -0.1) is 0 Å². The van der Waals surface area contributed by atoms with Crippen molar-refractivity contribution in [1.29, 1.82) is 0 Å². The van der Waals surface area contributed by atoms with E-state index in [1.54, 1.807) is 4.90 Å². The first-order valence-electron chi connectivity index (χ1n) is 13.6. The summed E-state index contributed by atoms with van der Waals surface area (Å²) >= 11 is 0. The summed E-state index contributed by atoms with van der Waals surface area (Å²) < 4.78 is 5.59. The minimum Gasteiger partial charge on any atom is -0.368 e. The minimum atomic E-state index is -0.590. The molecule has 7 heteroatoms. The van der Waals surface area contributed by atoms with Crippen LogP contribution in [-0.2, 0) is 14.3 Å². The molecule has 3 aliphatic heterocycles. The van der Waals surface area contributed by atoms with Crippen molar-refractivity contribution in [2.75, 3.05) is 32.8 Å². The monoisotopic (exact) mass is 481 g/mol. The van der Waals surface area contributed by atoms with Crippen LogP contribution < -0.4 is 5.32 Å². The molecule has 4 aliphatic rings. The van der Waals surface area contributed by atoms with Gasteiger partial charge >= 0.3 is 0 Å². The van der Waals surface area contributed by atoms with Gasteiger partial charge in [-0.2, -0.15) is 0 Å². The molecule has 3 saturated heterocycles. The highest BCUT2D eigenvalue weighted by molar-refractivity contribution is 5.99. The number of fused-ring (bicyclic) bond motifs is 1. The van der Waals surface area contributed by atoms with Gasteiger partial charge in [0, 0.05) is 12.1 Å². The number of piperidine rings is 1. The zero-order valence-corrected chi connectivity index (χ0v) is 20.9. The van der Waals surface area contributed by atoms with Crippen LogP contribution in [0.4, 0.5) is 0 Å². The number of ether oxygens (including phenoxy) is 1. The van der Waals surface area contributed by atoms with Crippen LogP contribution in [0.1, 0.15) is 80.1 Å². The number of carbonyl (C=O) groups excluding carboxylic acids is 3. The summed E-state index contributed by atoms with van der Waals surface area (Å²) in [6, 6.07) is 6.90.